The number of rotatable bonds is 5. The summed E-state index contributed by atoms with van der Waals surface area (Å²) in [5.41, 5.74) is 10.0. The molecule has 7 aromatic rings. The Balaban J connectivity index is 0.00000450. The molecule has 0 amide bonds. The van der Waals surface area contributed by atoms with Gasteiger partial charge in [0, 0.05) is 61.3 Å². The Morgan fingerprint density at radius 1 is 0.574 bits per heavy atom. The zero-order chi connectivity index (χ0) is 37.3. The van der Waals surface area contributed by atoms with Gasteiger partial charge in [-0.25, -0.2) is 4.98 Å². The average molecular weight is 891 g/mol. The van der Waals surface area contributed by atoms with Crippen molar-refractivity contribution in [3.05, 3.63) is 151 Å². The van der Waals surface area contributed by atoms with Gasteiger partial charge in [0.15, 0.2) is 0 Å². The van der Waals surface area contributed by atoms with E-state index in [1.165, 1.54) is 16.7 Å². The molecule has 8 rings (SSSR count). The second-order valence-electron chi connectivity index (χ2n) is 17.2. The van der Waals surface area contributed by atoms with E-state index in [0.29, 0.717) is 11.5 Å². The van der Waals surface area contributed by atoms with Crippen LogP contribution >= 0.6 is 0 Å². The molecule has 3 heterocycles. The average Bonchev–Trinajstić information content (AvgIpc) is 3.66. The van der Waals surface area contributed by atoms with E-state index in [1.807, 2.05) is 24.4 Å². The first-order chi connectivity index (χ1) is 25.1. The first-order valence-corrected chi connectivity index (χ1v) is 18.5. The van der Waals surface area contributed by atoms with Crippen LogP contribution in [0.25, 0.3) is 27.6 Å². The second-order valence-corrected chi connectivity index (χ2v) is 17.2. The van der Waals surface area contributed by atoms with Crippen LogP contribution in [0, 0.1) is 18.8 Å². The Bertz CT molecular complexity index is 2490. The van der Waals surface area contributed by atoms with Crippen molar-refractivity contribution in [1.82, 2.24) is 9.55 Å². The van der Waals surface area contributed by atoms with Crippen molar-refractivity contribution in [3.63, 3.8) is 0 Å². The van der Waals surface area contributed by atoms with Crippen LogP contribution in [0.15, 0.2) is 115 Å². The Morgan fingerprint density at radius 2 is 1.20 bits per heavy atom. The van der Waals surface area contributed by atoms with E-state index in [9.17, 15) is 0 Å². The number of hydrogen-bond acceptors (Lipinski definition) is 4. The molecule has 5 nitrogen and oxygen atoms in total. The zero-order valence-electron chi connectivity index (χ0n) is 32.6. The molecule has 0 atom stereocenters. The Hall–Kier alpha value is -4.86. The van der Waals surface area contributed by atoms with Gasteiger partial charge in [-0.2, -0.15) is 12.1 Å². The SMILES string of the molecule is CC(C)(C)c1cccc(N2[CH-]N(c3[c-]c(Oc4[c-]c5c(cc4)c4ccc(C(C)(C)C)cc4n5-c4cc(C(C)(C)C)ccn4)ccc3)c3ccccc32)c1.[Pt]. The third-order valence-corrected chi connectivity index (χ3v) is 10.2. The summed E-state index contributed by atoms with van der Waals surface area (Å²) in [6, 6.07) is 45.8. The summed E-state index contributed by atoms with van der Waals surface area (Å²) in [4.78, 5) is 9.33. The van der Waals surface area contributed by atoms with Gasteiger partial charge in [0.1, 0.15) is 5.82 Å². The van der Waals surface area contributed by atoms with Crippen molar-refractivity contribution < 1.29 is 25.8 Å². The smallest absolute Gasteiger partial charge is 0.135 e. The Morgan fingerprint density at radius 3 is 1.93 bits per heavy atom. The molecule has 1 aliphatic rings. The van der Waals surface area contributed by atoms with Crippen LogP contribution in [0.3, 0.4) is 0 Å². The van der Waals surface area contributed by atoms with Gasteiger partial charge in [0.25, 0.3) is 0 Å². The van der Waals surface area contributed by atoms with Crippen LogP contribution in [0.5, 0.6) is 11.5 Å². The fraction of sp³-hybridized carbons (Fsp3) is 0.250. The van der Waals surface area contributed by atoms with Crippen molar-refractivity contribution in [2.24, 2.45) is 0 Å². The van der Waals surface area contributed by atoms with Crippen LogP contribution in [0.4, 0.5) is 22.7 Å². The normalized spacial score (nSPS) is 13.4. The quantitative estimate of drug-likeness (QED) is 0.161. The second kappa shape index (κ2) is 13.8. The largest absolute Gasteiger partial charge is 0.509 e. The standard InChI is InChI=1S/C48H47N4O.Pt/c1-46(2,3)32-14-12-15-35(26-32)50-31-51(42-19-11-10-18-41(42)50)36-16-13-17-37(29-36)53-38-21-23-40-39-22-20-33(47(4,5)6)27-43(39)52(44(40)30-38)45-28-34(24-25-49-45)48(7,8)9;/h10-28,31H,1-9H3;/q-3;. The van der Waals surface area contributed by atoms with Crippen molar-refractivity contribution in [2.75, 3.05) is 9.80 Å². The van der Waals surface area contributed by atoms with Gasteiger partial charge in [-0.3, -0.25) is 0 Å². The van der Waals surface area contributed by atoms with E-state index < -0.39 is 0 Å². The van der Waals surface area contributed by atoms with Gasteiger partial charge >= 0.3 is 0 Å². The molecular weight excluding hydrogens is 844 g/mol. The topological polar surface area (TPSA) is 33.5 Å². The van der Waals surface area contributed by atoms with Crippen molar-refractivity contribution in [2.45, 2.75) is 78.6 Å². The Kier molecular flexibility index (Phi) is 9.55. The van der Waals surface area contributed by atoms with Gasteiger partial charge in [-0.05, 0) is 80.8 Å². The summed E-state index contributed by atoms with van der Waals surface area (Å²) >= 11 is 0. The van der Waals surface area contributed by atoms with E-state index in [-0.39, 0.29) is 37.3 Å². The number of pyridine rings is 1. The number of para-hydroxylation sites is 2. The van der Waals surface area contributed by atoms with Gasteiger partial charge < -0.3 is 19.1 Å². The first kappa shape index (κ1) is 37.5. The van der Waals surface area contributed by atoms with Crippen LogP contribution < -0.4 is 14.5 Å². The summed E-state index contributed by atoms with van der Waals surface area (Å²) < 4.78 is 8.82. The van der Waals surface area contributed by atoms with Crippen LogP contribution in [-0.4, -0.2) is 9.55 Å². The van der Waals surface area contributed by atoms with E-state index in [1.54, 1.807) is 0 Å². The predicted octanol–water partition coefficient (Wildman–Crippen LogP) is 12.9. The Labute approximate surface area is 334 Å². The molecule has 2 aromatic heterocycles. The minimum Gasteiger partial charge on any atom is -0.509 e. The summed E-state index contributed by atoms with van der Waals surface area (Å²) in [7, 11) is 0. The number of ether oxygens (including phenoxy) is 1. The third kappa shape index (κ3) is 6.95. The number of anilines is 4. The molecule has 5 aromatic carbocycles. The van der Waals surface area contributed by atoms with Crippen molar-refractivity contribution in [3.8, 4) is 17.3 Å². The monoisotopic (exact) mass is 890 g/mol. The maximum atomic E-state index is 6.58. The van der Waals surface area contributed by atoms with Crippen molar-refractivity contribution >= 4 is 44.6 Å². The van der Waals surface area contributed by atoms with Gasteiger partial charge in [0.2, 0.25) is 0 Å². The summed E-state index contributed by atoms with van der Waals surface area (Å²) in [5, 5.41) is 2.26. The fourth-order valence-corrected chi connectivity index (χ4v) is 7.08. The molecule has 6 heteroatoms. The van der Waals surface area contributed by atoms with Gasteiger partial charge in [0.05, 0.1) is 0 Å². The van der Waals surface area contributed by atoms with E-state index >= 15 is 0 Å². The zero-order valence-corrected chi connectivity index (χ0v) is 34.8. The van der Waals surface area contributed by atoms with Crippen LogP contribution in [0.1, 0.15) is 79.0 Å². The first-order valence-electron chi connectivity index (χ1n) is 18.5. The maximum absolute atomic E-state index is 6.58. The molecule has 0 spiro atoms. The molecule has 0 saturated carbocycles. The number of nitrogens with zero attached hydrogens (tertiary/aromatic N) is 4. The minimum absolute atomic E-state index is 0. The number of aromatic nitrogens is 2. The number of benzene rings is 5. The predicted molar refractivity (Wildman–Crippen MR) is 220 cm³/mol. The molecule has 0 N–H and O–H groups in total. The molecule has 0 fully saturated rings. The molecule has 278 valence electrons. The van der Waals surface area contributed by atoms with Gasteiger partial charge in [-0.15, -0.1) is 48.1 Å². The number of fused-ring (bicyclic) bond motifs is 4. The molecule has 0 radical (unpaired) electrons. The van der Waals surface area contributed by atoms with E-state index in [4.69, 9.17) is 9.72 Å². The minimum atomic E-state index is -0.0212. The van der Waals surface area contributed by atoms with Crippen LogP contribution in [0.2, 0.25) is 0 Å². The number of hydrogen-bond donors (Lipinski definition) is 0. The molecule has 54 heavy (non-hydrogen) atoms. The maximum Gasteiger partial charge on any atom is 0.135 e. The van der Waals surface area contributed by atoms with Gasteiger partial charge in [-0.1, -0.05) is 104 Å². The van der Waals surface area contributed by atoms with E-state index in [2.05, 4.69) is 186 Å². The van der Waals surface area contributed by atoms with Crippen LogP contribution in [-0.2, 0) is 37.3 Å². The summed E-state index contributed by atoms with van der Waals surface area (Å²) in [5.74, 6) is 2.10. The summed E-state index contributed by atoms with van der Waals surface area (Å²) in [6.07, 6.45) is 1.91. The molecular formula is C48H47N4OPt-3. The molecule has 1 aliphatic heterocycles. The fourth-order valence-electron chi connectivity index (χ4n) is 7.08. The van der Waals surface area contributed by atoms with Crippen molar-refractivity contribution in [1.29, 1.82) is 0 Å². The molecule has 0 aliphatic carbocycles. The summed E-state index contributed by atoms with van der Waals surface area (Å²) in [6.45, 7) is 22.4. The molecule has 0 saturated heterocycles. The van der Waals surface area contributed by atoms with E-state index in [0.717, 1.165) is 50.4 Å². The third-order valence-electron chi connectivity index (χ3n) is 10.2. The molecule has 0 bridgehead atoms. The molecule has 0 unspecified atom stereocenters.